The molecular weight excluding hydrogens is 532 g/mol. The van der Waals surface area contributed by atoms with E-state index in [0.29, 0.717) is 22.2 Å². The summed E-state index contributed by atoms with van der Waals surface area (Å²) in [6, 6.07) is 20.7. The van der Waals surface area contributed by atoms with E-state index in [0.717, 1.165) is 17.1 Å². The third-order valence-electron chi connectivity index (χ3n) is 6.53. The van der Waals surface area contributed by atoms with Crippen molar-refractivity contribution in [1.82, 2.24) is 14.9 Å². The minimum absolute atomic E-state index is 0.00966. The van der Waals surface area contributed by atoms with Gasteiger partial charge in [-0.3, -0.25) is 19.9 Å². The van der Waals surface area contributed by atoms with E-state index in [4.69, 9.17) is 21.7 Å². The van der Waals surface area contributed by atoms with Crippen LogP contribution in [0.3, 0.4) is 0 Å². The Balaban J connectivity index is 1.62. The number of pyridine rings is 1. The predicted octanol–water partition coefficient (Wildman–Crippen LogP) is 4.55. The average molecular weight is 559 g/mol. The number of thiocarbonyl (C=S) groups is 1. The summed E-state index contributed by atoms with van der Waals surface area (Å²) >= 11 is 5.85. The number of carbonyl (C=O) groups excluding carboxylic acids is 1. The molecule has 1 saturated heterocycles. The number of ether oxygens (including phenoxy) is 2. The molecule has 2 aromatic heterocycles. The van der Waals surface area contributed by atoms with Crippen LogP contribution in [0, 0.1) is 10.1 Å². The van der Waals surface area contributed by atoms with Crippen molar-refractivity contribution in [3.05, 3.63) is 107 Å². The molecule has 5 rings (SSSR count). The lowest BCUT2D eigenvalue weighted by molar-refractivity contribution is -0.384. The fraction of sp³-hybridized carbons (Fsp3) is 0.179. The van der Waals surface area contributed by atoms with Gasteiger partial charge in [0.05, 0.1) is 29.5 Å². The molecule has 0 bridgehead atoms. The van der Waals surface area contributed by atoms with Gasteiger partial charge in [-0.05, 0) is 66.8 Å². The number of nitrogens with zero attached hydrogens (tertiary/aromatic N) is 4. The molecule has 2 atom stereocenters. The van der Waals surface area contributed by atoms with Crippen LogP contribution in [0.25, 0.3) is 5.69 Å². The molecule has 0 unspecified atom stereocenters. The number of amides is 1. The van der Waals surface area contributed by atoms with E-state index < -0.39 is 4.92 Å². The van der Waals surface area contributed by atoms with E-state index in [9.17, 15) is 14.9 Å². The number of hydrogen-bond donors (Lipinski definition) is 2. The zero-order chi connectivity index (χ0) is 28.2. The highest BCUT2D eigenvalue weighted by Crippen LogP contribution is 2.43. The summed E-state index contributed by atoms with van der Waals surface area (Å²) in [4.78, 5) is 29.7. The third kappa shape index (κ3) is 5.22. The summed E-state index contributed by atoms with van der Waals surface area (Å²) in [7, 11) is 2.98. The van der Waals surface area contributed by atoms with Gasteiger partial charge in [-0.15, -0.1) is 0 Å². The number of carbonyl (C=O) groups is 1. The van der Waals surface area contributed by atoms with E-state index in [-0.39, 0.29) is 30.3 Å². The monoisotopic (exact) mass is 558 g/mol. The number of nitrogens with one attached hydrogen (secondary N) is 2. The summed E-state index contributed by atoms with van der Waals surface area (Å²) in [5, 5.41) is 17.9. The molecule has 1 aliphatic rings. The van der Waals surface area contributed by atoms with E-state index in [1.165, 1.54) is 26.4 Å². The maximum atomic E-state index is 12.3. The molecule has 40 heavy (non-hydrogen) atoms. The molecule has 1 fully saturated rings. The molecule has 12 heteroatoms. The summed E-state index contributed by atoms with van der Waals surface area (Å²) in [5.41, 5.74) is 3.61. The van der Waals surface area contributed by atoms with Crippen molar-refractivity contribution in [2.75, 3.05) is 31.0 Å². The number of aromatic nitrogens is 2. The van der Waals surface area contributed by atoms with Crippen molar-refractivity contribution < 1.29 is 19.2 Å². The second-order valence-corrected chi connectivity index (χ2v) is 9.33. The Kier molecular flexibility index (Phi) is 7.71. The first-order valence-corrected chi connectivity index (χ1v) is 12.7. The van der Waals surface area contributed by atoms with Gasteiger partial charge in [-0.1, -0.05) is 6.07 Å². The fourth-order valence-electron chi connectivity index (χ4n) is 4.80. The number of nitro benzene ring substituents is 1. The highest BCUT2D eigenvalue weighted by atomic mass is 32.1. The van der Waals surface area contributed by atoms with Crippen LogP contribution in [-0.4, -0.2) is 46.3 Å². The van der Waals surface area contributed by atoms with Crippen molar-refractivity contribution in [3.63, 3.8) is 0 Å². The quantitative estimate of drug-likeness (QED) is 0.173. The molecule has 2 N–H and O–H groups in total. The molecule has 11 nitrogen and oxygen atoms in total. The summed E-state index contributed by atoms with van der Waals surface area (Å²) in [6.45, 7) is -0.107. The molecule has 0 spiro atoms. The molecule has 0 radical (unpaired) electrons. The maximum absolute atomic E-state index is 12.3. The van der Waals surface area contributed by atoms with Gasteiger partial charge in [0.15, 0.2) is 5.11 Å². The molecule has 4 aromatic rings. The lowest BCUT2D eigenvalue weighted by Crippen LogP contribution is -2.30. The van der Waals surface area contributed by atoms with E-state index in [1.54, 1.807) is 30.5 Å². The lowest BCUT2D eigenvalue weighted by Gasteiger charge is -2.29. The Labute approximate surface area is 235 Å². The predicted molar refractivity (Wildman–Crippen MR) is 154 cm³/mol. The van der Waals surface area contributed by atoms with Crippen molar-refractivity contribution in [2.45, 2.75) is 12.1 Å². The minimum atomic E-state index is -0.425. The number of nitro groups is 1. The Morgan fingerprint density at radius 1 is 1.10 bits per heavy atom. The normalized spacial score (nSPS) is 16.4. The van der Waals surface area contributed by atoms with E-state index in [2.05, 4.69) is 15.6 Å². The van der Waals surface area contributed by atoms with Crippen LogP contribution in [0.5, 0.6) is 5.75 Å². The molecule has 0 aliphatic carbocycles. The first-order chi connectivity index (χ1) is 19.4. The zero-order valence-corrected chi connectivity index (χ0v) is 22.5. The number of rotatable bonds is 9. The molecule has 3 heterocycles. The molecule has 1 amide bonds. The number of anilines is 2. The smallest absolute Gasteiger partial charge is 0.269 e. The van der Waals surface area contributed by atoms with Gasteiger partial charge in [0.1, 0.15) is 18.4 Å². The van der Waals surface area contributed by atoms with Crippen molar-refractivity contribution in [3.8, 4) is 11.4 Å². The van der Waals surface area contributed by atoms with Crippen LogP contribution in [0.15, 0.2) is 85.2 Å². The first-order valence-electron chi connectivity index (χ1n) is 12.3. The number of non-ortho nitro benzene ring substituents is 1. The second-order valence-electron chi connectivity index (χ2n) is 8.94. The molecule has 2 aromatic carbocycles. The summed E-state index contributed by atoms with van der Waals surface area (Å²) in [6.07, 6.45) is 3.63. The Morgan fingerprint density at radius 2 is 1.88 bits per heavy atom. The van der Waals surface area contributed by atoms with Gasteiger partial charge in [0, 0.05) is 48.7 Å². The fourth-order valence-corrected chi connectivity index (χ4v) is 5.15. The Morgan fingerprint density at radius 3 is 2.55 bits per heavy atom. The molecule has 1 aliphatic heterocycles. The van der Waals surface area contributed by atoms with Crippen LogP contribution in [0.1, 0.15) is 23.5 Å². The van der Waals surface area contributed by atoms with Gasteiger partial charge in [0.25, 0.3) is 5.69 Å². The zero-order valence-electron chi connectivity index (χ0n) is 21.7. The van der Waals surface area contributed by atoms with Crippen LogP contribution in [0.4, 0.5) is 17.1 Å². The maximum Gasteiger partial charge on any atom is 0.269 e. The number of benzene rings is 2. The molecule has 0 saturated carbocycles. The SMILES string of the molecule is COCC(=O)Nc1cc(N2C(=S)N[C@@H](c3ccccn3)[C@@H]2c2cccn2-c2ccc([N+](=O)[O-])cc2)ccc1OC. The molecule has 204 valence electrons. The van der Waals surface area contributed by atoms with Crippen LogP contribution < -0.4 is 20.3 Å². The Bertz CT molecular complexity index is 1540. The largest absolute Gasteiger partial charge is 0.495 e. The summed E-state index contributed by atoms with van der Waals surface area (Å²) < 4.78 is 12.4. The van der Waals surface area contributed by atoms with Gasteiger partial charge >= 0.3 is 0 Å². The van der Waals surface area contributed by atoms with Gasteiger partial charge in [0.2, 0.25) is 5.91 Å². The van der Waals surface area contributed by atoms with Crippen LogP contribution >= 0.6 is 12.2 Å². The highest BCUT2D eigenvalue weighted by Gasteiger charge is 2.42. The standard InChI is InChI=1S/C28H26N6O5S/c1-38-17-25(35)30-22-16-20(12-13-24(22)39-2)33-27(26(31-28(33)40)21-6-3-4-14-29-21)23-7-5-15-32(23)18-8-10-19(11-9-18)34(36)37/h3-16,26-27H,17H2,1-2H3,(H,30,35)(H,31,40)/t26-,27-/m0/s1. The van der Waals surface area contributed by atoms with E-state index >= 15 is 0 Å². The van der Waals surface area contributed by atoms with Gasteiger partial charge in [-0.2, -0.15) is 0 Å². The summed E-state index contributed by atoms with van der Waals surface area (Å²) in [5.74, 6) is 0.161. The van der Waals surface area contributed by atoms with Gasteiger partial charge in [-0.25, -0.2) is 0 Å². The Hall–Kier alpha value is -4.81. The highest BCUT2D eigenvalue weighted by molar-refractivity contribution is 7.80. The average Bonchev–Trinajstić information content (AvgIpc) is 3.58. The lowest BCUT2D eigenvalue weighted by atomic mass is 10.0. The van der Waals surface area contributed by atoms with Gasteiger partial charge < -0.3 is 29.6 Å². The minimum Gasteiger partial charge on any atom is -0.495 e. The van der Waals surface area contributed by atoms with Crippen molar-refractivity contribution in [2.24, 2.45) is 0 Å². The van der Waals surface area contributed by atoms with Crippen LogP contribution in [0.2, 0.25) is 0 Å². The van der Waals surface area contributed by atoms with Crippen molar-refractivity contribution >= 4 is 40.3 Å². The van der Waals surface area contributed by atoms with E-state index in [1.807, 2.05) is 52.1 Å². The number of hydrogen-bond acceptors (Lipinski definition) is 7. The topological polar surface area (TPSA) is 124 Å². The first kappa shape index (κ1) is 26.8. The molecular formula is C28H26N6O5S. The van der Waals surface area contributed by atoms with Crippen molar-refractivity contribution in [1.29, 1.82) is 0 Å². The number of methoxy groups -OCH3 is 2. The third-order valence-corrected chi connectivity index (χ3v) is 6.85. The van der Waals surface area contributed by atoms with Crippen LogP contribution in [-0.2, 0) is 9.53 Å². The second kappa shape index (κ2) is 11.5.